The Hall–Kier alpha value is -1.67. The highest BCUT2D eigenvalue weighted by Gasteiger charge is 2.02. The highest BCUT2D eigenvalue weighted by molar-refractivity contribution is 5.85. The minimum absolute atomic E-state index is 0.597. The lowest BCUT2D eigenvalue weighted by Crippen LogP contribution is -2.17. The first-order valence-electron chi connectivity index (χ1n) is 5.71. The fourth-order valence-corrected chi connectivity index (χ4v) is 2.01. The molecule has 1 nitrogen and oxygen atoms in total. The summed E-state index contributed by atoms with van der Waals surface area (Å²) >= 11 is 0. The second kappa shape index (κ2) is 5.60. The predicted molar refractivity (Wildman–Crippen MR) is 70.5 cm³/mol. The molecule has 0 bridgehead atoms. The molecule has 2 aromatic rings. The highest BCUT2D eigenvalue weighted by atomic mass is 19.1. The van der Waals surface area contributed by atoms with Crippen LogP contribution >= 0.6 is 0 Å². The van der Waals surface area contributed by atoms with Crippen molar-refractivity contribution in [3.8, 4) is 0 Å². The zero-order valence-corrected chi connectivity index (χ0v) is 9.94. The molecule has 2 rings (SSSR count). The fraction of sp³-hybridized carbons (Fsp3) is 0.200. The molecule has 2 heteroatoms. The van der Waals surface area contributed by atoms with E-state index in [9.17, 15) is 4.39 Å². The maximum Gasteiger partial charge on any atom is 0.0839 e. The van der Waals surface area contributed by atoms with E-state index in [0.29, 0.717) is 12.9 Å². The molecule has 88 valence electrons. The monoisotopic (exact) mass is 229 g/mol. The van der Waals surface area contributed by atoms with Gasteiger partial charge < -0.3 is 0 Å². The molecule has 0 aliphatic carbocycles. The van der Waals surface area contributed by atoms with E-state index in [1.54, 1.807) is 0 Å². The summed E-state index contributed by atoms with van der Waals surface area (Å²) in [5.74, 6) is 0. The van der Waals surface area contributed by atoms with Crippen molar-refractivity contribution in [2.45, 2.75) is 6.54 Å². The third-order valence-electron chi connectivity index (χ3n) is 2.83. The normalized spacial score (nSPS) is 11.7. The lowest BCUT2D eigenvalue weighted by molar-refractivity contribution is 0.363. The van der Waals surface area contributed by atoms with E-state index in [1.807, 2.05) is 19.2 Å². The lowest BCUT2D eigenvalue weighted by atomic mass is 10.0. The van der Waals surface area contributed by atoms with Crippen LogP contribution < -0.4 is 0 Å². The average molecular weight is 229 g/mol. The summed E-state index contributed by atoms with van der Waals surface area (Å²) in [5, 5.41) is 2.52. The minimum atomic E-state index is 0.597. The van der Waals surface area contributed by atoms with Crippen LogP contribution in [-0.2, 0) is 6.54 Å². The van der Waals surface area contributed by atoms with E-state index >= 15 is 0 Å². The number of benzene rings is 2. The van der Waals surface area contributed by atoms with E-state index in [0.717, 1.165) is 6.54 Å². The topological polar surface area (TPSA) is 3.24 Å². The van der Waals surface area contributed by atoms with Gasteiger partial charge in [-0.1, -0.05) is 42.5 Å². The van der Waals surface area contributed by atoms with Crippen molar-refractivity contribution >= 4 is 10.8 Å². The van der Waals surface area contributed by atoms with Crippen molar-refractivity contribution in [1.82, 2.24) is 4.90 Å². The zero-order chi connectivity index (χ0) is 12.1. The first-order valence-corrected chi connectivity index (χ1v) is 5.71. The quantitative estimate of drug-likeness (QED) is 0.771. The van der Waals surface area contributed by atoms with E-state index in [2.05, 4.69) is 35.2 Å². The summed E-state index contributed by atoms with van der Waals surface area (Å²) in [4.78, 5) is 2.08. The minimum Gasteiger partial charge on any atom is -0.298 e. The van der Waals surface area contributed by atoms with Gasteiger partial charge in [-0.3, -0.25) is 4.90 Å². The summed E-state index contributed by atoms with van der Waals surface area (Å²) in [6.45, 7) is 1.45. The largest absolute Gasteiger partial charge is 0.298 e. The second-order valence-electron chi connectivity index (χ2n) is 4.20. The van der Waals surface area contributed by atoms with Gasteiger partial charge in [-0.15, -0.1) is 0 Å². The molecule has 17 heavy (non-hydrogen) atoms. The molecule has 0 N–H and O–H groups in total. The molecule has 0 saturated heterocycles. The van der Waals surface area contributed by atoms with Gasteiger partial charge in [-0.2, -0.15) is 0 Å². The van der Waals surface area contributed by atoms with E-state index < -0.39 is 0 Å². The van der Waals surface area contributed by atoms with Crippen molar-refractivity contribution in [3.05, 3.63) is 60.4 Å². The van der Waals surface area contributed by atoms with Crippen LogP contribution in [0.5, 0.6) is 0 Å². The number of rotatable bonds is 4. The van der Waals surface area contributed by atoms with Gasteiger partial charge in [0, 0.05) is 13.1 Å². The van der Waals surface area contributed by atoms with Crippen LogP contribution in [0.2, 0.25) is 0 Å². The van der Waals surface area contributed by atoms with E-state index in [4.69, 9.17) is 0 Å². The summed E-state index contributed by atoms with van der Waals surface area (Å²) in [6.07, 6.45) is 2.12. The third kappa shape index (κ3) is 2.92. The van der Waals surface area contributed by atoms with Crippen LogP contribution in [0, 0.1) is 0 Å². The lowest BCUT2D eigenvalue weighted by Gasteiger charge is -2.15. The molecular formula is C15H16FN. The summed E-state index contributed by atoms with van der Waals surface area (Å²) in [7, 11) is 1.99. The standard InChI is InChI=1S/C15H16FN/c1-17(11-5-10-16)12-14-8-4-7-13-6-2-3-9-15(13)14/h2-10H,11-12H2,1H3/b10-5+. The average Bonchev–Trinajstić information content (AvgIpc) is 2.37. The van der Waals surface area contributed by atoms with Gasteiger partial charge in [0.25, 0.3) is 0 Å². The fourth-order valence-electron chi connectivity index (χ4n) is 2.01. The second-order valence-corrected chi connectivity index (χ2v) is 4.20. The SMILES string of the molecule is CN(C/C=C/F)Cc1cccc2ccccc12. The van der Waals surface area contributed by atoms with Gasteiger partial charge in [0.1, 0.15) is 0 Å². The Morgan fingerprint density at radius 1 is 1.12 bits per heavy atom. The summed E-state index contributed by atoms with van der Waals surface area (Å²) in [6, 6.07) is 14.6. The molecule has 0 unspecified atom stereocenters. The zero-order valence-electron chi connectivity index (χ0n) is 9.94. The van der Waals surface area contributed by atoms with Crippen LogP contribution in [0.4, 0.5) is 4.39 Å². The number of nitrogens with zero attached hydrogens (tertiary/aromatic N) is 1. The highest BCUT2D eigenvalue weighted by Crippen LogP contribution is 2.19. The number of hydrogen-bond donors (Lipinski definition) is 0. The van der Waals surface area contributed by atoms with Gasteiger partial charge in [0.2, 0.25) is 0 Å². The molecule has 0 heterocycles. The van der Waals surface area contributed by atoms with Crippen LogP contribution in [0.15, 0.2) is 54.9 Å². The third-order valence-corrected chi connectivity index (χ3v) is 2.83. The molecule has 0 aromatic heterocycles. The van der Waals surface area contributed by atoms with E-state index in [-0.39, 0.29) is 0 Å². The molecule has 0 radical (unpaired) electrons. The number of halogens is 1. The van der Waals surface area contributed by atoms with Crippen LogP contribution in [0.1, 0.15) is 5.56 Å². The van der Waals surface area contributed by atoms with E-state index in [1.165, 1.54) is 22.4 Å². The number of hydrogen-bond acceptors (Lipinski definition) is 1. The molecule has 2 aromatic carbocycles. The van der Waals surface area contributed by atoms with Gasteiger partial charge in [-0.05, 0) is 29.5 Å². The first kappa shape index (κ1) is 11.8. The van der Waals surface area contributed by atoms with Gasteiger partial charge >= 0.3 is 0 Å². The molecule has 0 saturated carbocycles. The smallest absolute Gasteiger partial charge is 0.0839 e. The van der Waals surface area contributed by atoms with Crippen molar-refractivity contribution in [3.63, 3.8) is 0 Å². The maximum atomic E-state index is 11.9. The van der Waals surface area contributed by atoms with Crippen LogP contribution in [0.3, 0.4) is 0 Å². The van der Waals surface area contributed by atoms with Crippen LogP contribution in [0.25, 0.3) is 10.8 Å². The number of fused-ring (bicyclic) bond motifs is 1. The molecule has 0 amide bonds. The Kier molecular flexibility index (Phi) is 3.89. The van der Waals surface area contributed by atoms with Crippen molar-refractivity contribution in [1.29, 1.82) is 0 Å². The molecule has 0 aliphatic heterocycles. The molecular weight excluding hydrogens is 213 g/mol. The Balaban J connectivity index is 2.23. The molecule has 0 atom stereocenters. The van der Waals surface area contributed by atoms with Gasteiger partial charge in [0.05, 0.1) is 6.33 Å². The Bertz CT molecular complexity index is 514. The summed E-state index contributed by atoms with van der Waals surface area (Å²) < 4.78 is 11.9. The van der Waals surface area contributed by atoms with Crippen molar-refractivity contribution in [2.75, 3.05) is 13.6 Å². The van der Waals surface area contributed by atoms with Crippen molar-refractivity contribution in [2.24, 2.45) is 0 Å². The molecule has 0 aliphatic rings. The summed E-state index contributed by atoms with van der Waals surface area (Å²) in [5.41, 5.74) is 1.28. The maximum absolute atomic E-state index is 11.9. The van der Waals surface area contributed by atoms with Crippen molar-refractivity contribution < 1.29 is 4.39 Å². The number of likely N-dealkylation sites (N-methyl/N-ethyl adjacent to an activating group) is 1. The van der Waals surface area contributed by atoms with Gasteiger partial charge in [-0.25, -0.2) is 4.39 Å². The molecule has 0 spiro atoms. The van der Waals surface area contributed by atoms with Crippen LogP contribution in [-0.4, -0.2) is 18.5 Å². The Morgan fingerprint density at radius 2 is 1.88 bits per heavy atom. The first-order chi connectivity index (χ1) is 8.31. The Morgan fingerprint density at radius 3 is 2.71 bits per heavy atom. The van der Waals surface area contributed by atoms with Gasteiger partial charge in [0.15, 0.2) is 0 Å². The predicted octanol–water partition coefficient (Wildman–Crippen LogP) is 3.75. The Labute approximate surface area is 101 Å². The molecule has 0 fully saturated rings.